The lowest BCUT2D eigenvalue weighted by atomic mass is 10.2. The molecule has 1 aromatic carbocycles. The Morgan fingerprint density at radius 2 is 2.08 bits per heavy atom. The van der Waals surface area contributed by atoms with E-state index >= 15 is 0 Å². The minimum absolute atomic E-state index is 0.0383. The summed E-state index contributed by atoms with van der Waals surface area (Å²) < 4.78 is 1.05. The number of nitrogens with one attached hydrogen (secondary N) is 1. The molecule has 1 unspecified atom stereocenters. The number of hydrogen-bond acceptors (Lipinski definition) is 3. The highest BCUT2D eigenvalue weighted by molar-refractivity contribution is 9.11. The maximum absolute atomic E-state index is 12.3. The van der Waals surface area contributed by atoms with Gasteiger partial charge in [0, 0.05) is 30.6 Å². The van der Waals surface area contributed by atoms with Gasteiger partial charge in [0.15, 0.2) is 0 Å². The van der Waals surface area contributed by atoms with Gasteiger partial charge in [0.25, 0.3) is 0 Å². The molecule has 3 rings (SSSR count). The SMILES string of the molecule is CN(Cc1ccc(Br)s1)C(=O)NC1CC(=O)N(c2ccccc2)C1. The summed E-state index contributed by atoms with van der Waals surface area (Å²) in [5.41, 5.74) is 0.871. The van der Waals surface area contributed by atoms with E-state index in [2.05, 4.69) is 21.2 Å². The van der Waals surface area contributed by atoms with E-state index in [-0.39, 0.29) is 18.0 Å². The Morgan fingerprint density at radius 3 is 2.75 bits per heavy atom. The molecule has 5 nitrogen and oxygen atoms in total. The molecule has 2 aromatic rings. The van der Waals surface area contributed by atoms with Gasteiger partial charge in [0.05, 0.1) is 16.4 Å². The van der Waals surface area contributed by atoms with Crippen LogP contribution in [-0.2, 0) is 11.3 Å². The normalized spacial score (nSPS) is 17.2. The second kappa shape index (κ2) is 7.36. The summed E-state index contributed by atoms with van der Waals surface area (Å²) in [5.74, 6) is 0.0383. The third kappa shape index (κ3) is 3.96. The van der Waals surface area contributed by atoms with Crippen LogP contribution in [0.15, 0.2) is 46.3 Å². The molecule has 0 bridgehead atoms. The minimum atomic E-state index is -0.164. The average Bonchev–Trinajstić information content (AvgIpc) is 3.13. The van der Waals surface area contributed by atoms with Gasteiger partial charge in [0.2, 0.25) is 5.91 Å². The first-order chi connectivity index (χ1) is 11.5. The van der Waals surface area contributed by atoms with Gasteiger partial charge in [-0.1, -0.05) is 18.2 Å². The zero-order valence-electron chi connectivity index (χ0n) is 13.2. The summed E-state index contributed by atoms with van der Waals surface area (Å²) in [7, 11) is 1.76. The molecule has 0 radical (unpaired) electrons. The van der Waals surface area contributed by atoms with Crippen LogP contribution in [0, 0.1) is 0 Å². The van der Waals surface area contributed by atoms with Gasteiger partial charge < -0.3 is 15.1 Å². The maximum Gasteiger partial charge on any atom is 0.317 e. The van der Waals surface area contributed by atoms with E-state index in [1.807, 2.05) is 42.5 Å². The van der Waals surface area contributed by atoms with Gasteiger partial charge in [-0.25, -0.2) is 4.79 Å². The molecule has 1 fully saturated rings. The van der Waals surface area contributed by atoms with Crippen molar-refractivity contribution in [2.75, 3.05) is 18.5 Å². The number of hydrogen-bond donors (Lipinski definition) is 1. The number of para-hydroxylation sites is 1. The fraction of sp³-hybridized carbons (Fsp3) is 0.294. The number of anilines is 1. The van der Waals surface area contributed by atoms with Gasteiger partial charge in [-0.3, -0.25) is 4.79 Å². The van der Waals surface area contributed by atoms with Gasteiger partial charge in [0.1, 0.15) is 0 Å². The molecule has 2 heterocycles. The Kier molecular flexibility index (Phi) is 5.20. The van der Waals surface area contributed by atoms with Crippen LogP contribution in [-0.4, -0.2) is 36.5 Å². The van der Waals surface area contributed by atoms with Gasteiger partial charge in [-0.2, -0.15) is 0 Å². The van der Waals surface area contributed by atoms with Crippen LogP contribution in [0.3, 0.4) is 0 Å². The molecule has 3 amide bonds. The number of rotatable bonds is 4. The van der Waals surface area contributed by atoms with Gasteiger partial charge >= 0.3 is 6.03 Å². The molecule has 24 heavy (non-hydrogen) atoms. The smallest absolute Gasteiger partial charge is 0.317 e. The zero-order valence-corrected chi connectivity index (χ0v) is 15.6. The number of halogens is 1. The molecule has 0 spiro atoms. The Bertz CT molecular complexity index is 734. The fourth-order valence-corrected chi connectivity index (χ4v) is 4.23. The molecule has 1 atom stereocenters. The molecule has 1 aliphatic rings. The van der Waals surface area contributed by atoms with Crippen molar-refractivity contribution in [1.82, 2.24) is 10.2 Å². The summed E-state index contributed by atoms with van der Waals surface area (Å²) >= 11 is 5.03. The lowest BCUT2D eigenvalue weighted by Crippen LogP contribution is -2.43. The summed E-state index contributed by atoms with van der Waals surface area (Å²) in [6.45, 7) is 1.05. The number of carbonyl (C=O) groups excluding carboxylic acids is 2. The van der Waals surface area contributed by atoms with Crippen molar-refractivity contribution in [3.63, 3.8) is 0 Å². The molecule has 1 aliphatic heterocycles. The van der Waals surface area contributed by atoms with Crippen molar-refractivity contribution in [2.45, 2.75) is 19.0 Å². The standard InChI is InChI=1S/C17H18BrN3O2S/c1-20(11-14-7-8-15(18)24-14)17(23)19-12-9-16(22)21(10-12)13-5-3-2-4-6-13/h2-8,12H,9-11H2,1H3,(H,19,23). The molecule has 0 saturated carbocycles. The highest BCUT2D eigenvalue weighted by atomic mass is 79.9. The first-order valence-corrected chi connectivity index (χ1v) is 9.25. The number of benzene rings is 1. The van der Waals surface area contributed by atoms with E-state index in [4.69, 9.17) is 0 Å². The van der Waals surface area contributed by atoms with Crippen LogP contribution in [0.2, 0.25) is 0 Å². The molecular formula is C17H18BrN3O2S. The van der Waals surface area contributed by atoms with Gasteiger partial charge in [-0.15, -0.1) is 11.3 Å². The first kappa shape index (κ1) is 17.0. The lowest BCUT2D eigenvalue weighted by Gasteiger charge is -2.21. The second-order valence-electron chi connectivity index (χ2n) is 5.75. The Labute approximate surface area is 153 Å². The third-order valence-corrected chi connectivity index (χ3v) is 5.50. The number of nitrogens with zero attached hydrogens (tertiary/aromatic N) is 2. The van der Waals surface area contributed by atoms with E-state index < -0.39 is 0 Å². The summed E-state index contributed by atoms with van der Waals surface area (Å²) in [5, 5.41) is 2.95. The predicted molar refractivity (Wildman–Crippen MR) is 99.2 cm³/mol. The maximum atomic E-state index is 12.3. The Balaban J connectivity index is 1.56. The topological polar surface area (TPSA) is 52.7 Å². The summed E-state index contributed by atoms with van der Waals surface area (Å²) in [6, 6.07) is 13.2. The molecule has 0 aliphatic carbocycles. The predicted octanol–water partition coefficient (Wildman–Crippen LogP) is 3.46. The van der Waals surface area contributed by atoms with Gasteiger partial charge in [-0.05, 0) is 40.2 Å². The Hall–Kier alpha value is -1.86. The van der Waals surface area contributed by atoms with E-state index in [1.165, 1.54) is 0 Å². The van der Waals surface area contributed by atoms with Crippen LogP contribution in [0.5, 0.6) is 0 Å². The Morgan fingerprint density at radius 1 is 1.33 bits per heavy atom. The van der Waals surface area contributed by atoms with E-state index in [0.29, 0.717) is 19.5 Å². The monoisotopic (exact) mass is 407 g/mol. The van der Waals surface area contributed by atoms with Crippen molar-refractivity contribution in [1.29, 1.82) is 0 Å². The molecule has 1 N–H and O–H groups in total. The quantitative estimate of drug-likeness (QED) is 0.843. The van der Waals surface area contributed by atoms with Crippen molar-refractivity contribution in [2.24, 2.45) is 0 Å². The van der Waals surface area contributed by atoms with Crippen molar-refractivity contribution in [3.05, 3.63) is 51.1 Å². The van der Waals surface area contributed by atoms with Crippen LogP contribution >= 0.6 is 27.3 Å². The van der Waals surface area contributed by atoms with Crippen LogP contribution < -0.4 is 10.2 Å². The highest BCUT2D eigenvalue weighted by Gasteiger charge is 2.32. The highest BCUT2D eigenvalue weighted by Crippen LogP contribution is 2.23. The second-order valence-corrected chi connectivity index (χ2v) is 8.30. The molecule has 1 saturated heterocycles. The number of thiophene rings is 1. The zero-order chi connectivity index (χ0) is 17.1. The molecule has 1 aromatic heterocycles. The molecular weight excluding hydrogens is 390 g/mol. The third-order valence-electron chi connectivity index (χ3n) is 3.89. The van der Waals surface area contributed by atoms with Crippen molar-refractivity contribution >= 4 is 44.9 Å². The summed E-state index contributed by atoms with van der Waals surface area (Å²) in [4.78, 5) is 29.0. The fourth-order valence-electron chi connectivity index (χ4n) is 2.69. The van der Waals surface area contributed by atoms with Crippen LogP contribution in [0.4, 0.5) is 10.5 Å². The summed E-state index contributed by atoms with van der Waals surface area (Å²) in [6.07, 6.45) is 0.332. The number of carbonyl (C=O) groups is 2. The number of urea groups is 1. The van der Waals surface area contributed by atoms with Crippen LogP contribution in [0.25, 0.3) is 0 Å². The largest absolute Gasteiger partial charge is 0.333 e. The average molecular weight is 408 g/mol. The van der Waals surface area contributed by atoms with E-state index in [0.717, 1.165) is 14.4 Å². The molecule has 126 valence electrons. The number of amides is 3. The molecule has 7 heteroatoms. The van der Waals surface area contributed by atoms with Crippen molar-refractivity contribution in [3.8, 4) is 0 Å². The van der Waals surface area contributed by atoms with E-state index in [9.17, 15) is 9.59 Å². The first-order valence-electron chi connectivity index (χ1n) is 7.64. The lowest BCUT2D eigenvalue weighted by molar-refractivity contribution is -0.117. The van der Waals surface area contributed by atoms with E-state index in [1.54, 1.807) is 28.2 Å². The van der Waals surface area contributed by atoms with Crippen LogP contribution in [0.1, 0.15) is 11.3 Å². The van der Waals surface area contributed by atoms with Crippen molar-refractivity contribution < 1.29 is 9.59 Å². The minimum Gasteiger partial charge on any atom is -0.333 e.